The van der Waals surface area contributed by atoms with Crippen LogP contribution in [-0.2, 0) is 11.2 Å². The molecule has 1 unspecified atom stereocenters. The van der Waals surface area contributed by atoms with E-state index in [2.05, 4.69) is 58.7 Å². The van der Waals surface area contributed by atoms with Gasteiger partial charge in [-0.2, -0.15) is 19.6 Å². The lowest BCUT2D eigenvalue weighted by molar-refractivity contribution is -0.115. The van der Waals surface area contributed by atoms with E-state index in [0.29, 0.717) is 24.9 Å². The van der Waals surface area contributed by atoms with Gasteiger partial charge in [-0.3, -0.25) is 4.79 Å². The Kier molecular flexibility index (Phi) is 7.92. The molecule has 42 heavy (non-hydrogen) atoms. The average molecular weight is 570 g/mol. The Labute approximate surface area is 245 Å². The second-order valence-electron chi connectivity index (χ2n) is 11.6. The van der Waals surface area contributed by atoms with Crippen LogP contribution in [0.3, 0.4) is 0 Å². The molecule has 1 saturated heterocycles. The van der Waals surface area contributed by atoms with Crippen molar-refractivity contribution < 1.29 is 9.53 Å². The van der Waals surface area contributed by atoms with Crippen LogP contribution < -0.4 is 15.4 Å². The average Bonchev–Trinajstić information content (AvgIpc) is 3.62. The van der Waals surface area contributed by atoms with Crippen molar-refractivity contribution in [2.24, 2.45) is 5.92 Å². The number of hydrogen-bond acceptors (Lipinski definition) is 8. The zero-order valence-electron chi connectivity index (χ0n) is 24.7. The summed E-state index contributed by atoms with van der Waals surface area (Å²) in [5, 5.41) is 11.0. The summed E-state index contributed by atoms with van der Waals surface area (Å²) >= 11 is 0. The molecule has 0 radical (unpaired) electrons. The largest absolute Gasteiger partial charge is 0.460 e. The van der Waals surface area contributed by atoms with E-state index < -0.39 is 0 Å². The first kappa shape index (κ1) is 27.9. The summed E-state index contributed by atoms with van der Waals surface area (Å²) < 4.78 is 8.08. The van der Waals surface area contributed by atoms with Crippen LogP contribution in [0.2, 0.25) is 0 Å². The topological polar surface area (TPSA) is 125 Å². The number of nitrogens with one attached hydrogen (secondary N) is 3. The maximum absolute atomic E-state index is 11.7. The predicted molar refractivity (Wildman–Crippen MR) is 164 cm³/mol. The molecule has 11 nitrogen and oxygen atoms in total. The fraction of sp³-hybridized carbons (Fsp3) is 0.452. The number of aromatic amines is 1. The smallest absolute Gasteiger partial charge is 0.322 e. The maximum Gasteiger partial charge on any atom is 0.322 e. The number of carbonyl (C=O) groups excluding carboxylic acids is 1. The summed E-state index contributed by atoms with van der Waals surface area (Å²) in [5.74, 6) is 1.97. The van der Waals surface area contributed by atoms with Crippen LogP contribution in [0, 0.1) is 5.92 Å². The number of imidazole rings is 1. The van der Waals surface area contributed by atoms with E-state index in [1.165, 1.54) is 0 Å². The molecule has 0 bridgehead atoms. The minimum Gasteiger partial charge on any atom is -0.460 e. The molecule has 3 N–H and O–H groups in total. The van der Waals surface area contributed by atoms with Crippen LogP contribution in [0.1, 0.15) is 62.9 Å². The second-order valence-corrected chi connectivity index (χ2v) is 11.6. The third kappa shape index (κ3) is 6.01. The number of amides is 1. The van der Waals surface area contributed by atoms with Gasteiger partial charge in [-0.25, -0.2) is 4.98 Å². The van der Waals surface area contributed by atoms with Crippen LogP contribution in [-0.4, -0.2) is 73.1 Å². The van der Waals surface area contributed by atoms with Crippen LogP contribution in [0.4, 0.5) is 11.6 Å². The normalized spacial score (nSPS) is 17.5. The van der Waals surface area contributed by atoms with E-state index in [1.807, 2.05) is 37.4 Å². The van der Waals surface area contributed by atoms with Gasteiger partial charge in [0.2, 0.25) is 11.9 Å². The molecule has 3 aromatic heterocycles. The van der Waals surface area contributed by atoms with Gasteiger partial charge in [0.15, 0.2) is 5.65 Å². The predicted octanol–water partition coefficient (Wildman–Crippen LogP) is 4.76. The van der Waals surface area contributed by atoms with E-state index in [1.54, 1.807) is 4.52 Å². The monoisotopic (exact) mass is 569 g/mol. The zero-order chi connectivity index (χ0) is 29.2. The molecule has 1 fully saturated rings. The van der Waals surface area contributed by atoms with E-state index in [0.717, 1.165) is 72.0 Å². The molecule has 4 heterocycles. The fourth-order valence-corrected chi connectivity index (χ4v) is 5.44. The van der Waals surface area contributed by atoms with Crippen molar-refractivity contribution in [2.45, 2.75) is 58.5 Å². The second kappa shape index (κ2) is 11.9. The highest BCUT2D eigenvalue weighted by molar-refractivity contribution is 5.90. The third-order valence-electron chi connectivity index (χ3n) is 8.02. The molecule has 1 amide bonds. The molecule has 4 aromatic rings. The van der Waals surface area contributed by atoms with Gasteiger partial charge in [0.1, 0.15) is 11.9 Å². The Morgan fingerprint density at radius 3 is 2.67 bits per heavy atom. The van der Waals surface area contributed by atoms with Crippen molar-refractivity contribution in [3.05, 3.63) is 53.5 Å². The molecule has 220 valence electrons. The summed E-state index contributed by atoms with van der Waals surface area (Å²) in [4.78, 5) is 31.9. The van der Waals surface area contributed by atoms with E-state index in [-0.39, 0.29) is 23.8 Å². The van der Waals surface area contributed by atoms with E-state index >= 15 is 0 Å². The van der Waals surface area contributed by atoms with Gasteiger partial charge in [0, 0.05) is 54.5 Å². The summed E-state index contributed by atoms with van der Waals surface area (Å²) in [6, 6.07) is 8.15. The van der Waals surface area contributed by atoms with Gasteiger partial charge < -0.3 is 25.3 Å². The number of hydrogen-bond donors (Lipinski definition) is 3. The lowest BCUT2D eigenvalue weighted by atomic mass is 9.96. The van der Waals surface area contributed by atoms with Crippen molar-refractivity contribution in [1.29, 1.82) is 0 Å². The van der Waals surface area contributed by atoms with E-state index in [9.17, 15) is 4.79 Å². The number of aromatic nitrogens is 6. The number of piperidine rings is 1. The first-order chi connectivity index (χ1) is 20.4. The number of benzene rings is 1. The summed E-state index contributed by atoms with van der Waals surface area (Å²) in [7, 11) is 2.14. The lowest BCUT2D eigenvalue weighted by Crippen LogP contribution is -2.36. The summed E-state index contributed by atoms with van der Waals surface area (Å²) in [5.41, 5.74) is 5.66. The minimum atomic E-state index is -0.00220. The number of nitrogens with zero attached hydrogens (tertiary/aromatic N) is 6. The highest BCUT2D eigenvalue weighted by Gasteiger charge is 2.23. The van der Waals surface area contributed by atoms with Gasteiger partial charge in [0.25, 0.3) is 0 Å². The Bertz CT molecular complexity index is 1580. The quantitative estimate of drug-likeness (QED) is 0.264. The number of anilines is 2. The SMILES string of the molecule is CCC(=O)Nc1ccc(-c2nc3c([nH]2)CC(CNc2nc(OC4CCN(C)CC4)nc4c(C(C)C)cnn24)C=C3)cc1. The first-order valence-electron chi connectivity index (χ1n) is 14.9. The van der Waals surface area contributed by atoms with Crippen molar-refractivity contribution in [3.63, 3.8) is 0 Å². The molecule has 1 aromatic carbocycles. The molecular weight excluding hydrogens is 530 g/mol. The van der Waals surface area contributed by atoms with Crippen molar-refractivity contribution in [2.75, 3.05) is 37.3 Å². The molecule has 0 spiro atoms. The number of rotatable bonds is 9. The molecule has 6 rings (SSSR count). The van der Waals surface area contributed by atoms with E-state index in [4.69, 9.17) is 19.7 Å². The first-order valence-corrected chi connectivity index (χ1v) is 14.9. The molecule has 1 aliphatic carbocycles. The van der Waals surface area contributed by atoms with Gasteiger partial charge in [0.05, 0.1) is 11.9 Å². The van der Waals surface area contributed by atoms with Crippen molar-refractivity contribution >= 4 is 29.3 Å². The van der Waals surface area contributed by atoms with Crippen LogP contribution in [0.25, 0.3) is 23.1 Å². The standard InChI is InChI=1S/C31H39N9O2/c1-5-27(41)34-22-9-7-21(8-10-22)28-35-25-11-6-20(16-26(25)36-28)17-32-30-38-31(42-23-12-14-39(4)15-13-23)37-29-24(19(2)3)18-33-40(29)30/h6-11,18-20,23H,5,12-17H2,1-4H3,(H,34,41)(H,35,36)(H,32,37,38). The van der Waals surface area contributed by atoms with Crippen LogP contribution in [0.5, 0.6) is 6.01 Å². The summed E-state index contributed by atoms with van der Waals surface area (Å²) in [6.07, 6.45) is 9.46. The highest BCUT2D eigenvalue weighted by Crippen LogP contribution is 2.28. The fourth-order valence-electron chi connectivity index (χ4n) is 5.44. The zero-order valence-corrected chi connectivity index (χ0v) is 24.7. The molecule has 11 heteroatoms. The number of fused-ring (bicyclic) bond motifs is 2. The van der Waals surface area contributed by atoms with Crippen molar-refractivity contribution in [1.82, 2.24) is 34.4 Å². The number of likely N-dealkylation sites (tertiary alicyclic amines) is 1. The van der Waals surface area contributed by atoms with Crippen LogP contribution in [0.15, 0.2) is 36.5 Å². The van der Waals surface area contributed by atoms with Gasteiger partial charge >= 0.3 is 6.01 Å². The Morgan fingerprint density at radius 2 is 1.93 bits per heavy atom. The maximum atomic E-state index is 11.7. The van der Waals surface area contributed by atoms with Crippen LogP contribution >= 0.6 is 0 Å². The Balaban J connectivity index is 1.15. The van der Waals surface area contributed by atoms with Gasteiger partial charge in [-0.05, 0) is 62.6 Å². The molecule has 0 saturated carbocycles. The lowest BCUT2D eigenvalue weighted by Gasteiger charge is -2.28. The molecular formula is C31H39N9O2. The molecule has 2 aliphatic rings. The van der Waals surface area contributed by atoms with Gasteiger partial charge in [-0.1, -0.05) is 26.8 Å². The number of H-pyrrole nitrogens is 1. The summed E-state index contributed by atoms with van der Waals surface area (Å²) in [6.45, 7) is 8.82. The molecule has 1 aliphatic heterocycles. The highest BCUT2D eigenvalue weighted by atomic mass is 16.5. The van der Waals surface area contributed by atoms with Crippen molar-refractivity contribution in [3.8, 4) is 17.4 Å². The number of ether oxygens (including phenoxy) is 1. The Morgan fingerprint density at radius 1 is 1.14 bits per heavy atom. The van der Waals surface area contributed by atoms with Gasteiger partial charge in [-0.15, -0.1) is 0 Å². The Hall–Kier alpha value is -4.25. The number of carbonyl (C=O) groups is 1. The minimum absolute atomic E-state index is 0.00220. The molecule has 1 atom stereocenters. The third-order valence-corrected chi connectivity index (χ3v) is 8.02.